The molecular formula is C12H16N2O3. The van der Waals surface area contributed by atoms with Gasteiger partial charge in [-0.1, -0.05) is 12.1 Å². The standard InChI is InChI=1S/C12H16N2O3/c1-16-10-4-2-3-9-8-14(11(15)7-13)5-6-17-12(9)10/h2-4H,5-8,13H2,1H3. The Morgan fingerprint density at radius 2 is 2.41 bits per heavy atom. The van der Waals surface area contributed by atoms with Crippen molar-refractivity contribution in [2.75, 3.05) is 26.8 Å². The van der Waals surface area contributed by atoms with Gasteiger partial charge in [0.1, 0.15) is 6.61 Å². The molecule has 0 aromatic heterocycles. The van der Waals surface area contributed by atoms with Gasteiger partial charge in [0.25, 0.3) is 0 Å². The fraction of sp³-hybridized carbons (Fsp3) is 0.417. The number of nitrogens with two attached hydrogens (primary N) is 1. The van der Waals surface area contributed by atoms with E-state index in [2.05, 4.69) is 0 Å². The number of rotatable bonds is 2. The number of methoxy groups -OCH3 is 1. The van der Waals surface area contributed by atoms with Gasteiger partial charge < -0.3 is 20.1 Å². The second kappa shape index (κ2) is 5.05. The first-order valence-corrected chi connectivity index (χ1v) is 5.52. The van der Waals surface area contributed by atoms with E-state index in [9.17, 15) is 4.79 Å². The first-order valence-electron chi connectivity index (χ1n) is 5.52. The Kier molecular flexibility index (Phi) is 3.49. The quantitative estimate of drug-likeness (QED) is 0.806. The van der Waals surface area contributed by atoms with Crippen LogP contribution in [0.4, 0.5) is 0 Å². The number of nitrogens with zero attached hydrogens (tertiary/aromatic N) is 1. The van der Waals surface area contributed by atoms with Crippen LogP contribution in [0.15, 0.2) is 18.2 Å². The summed E-state index contributed by atoms with van der Waals surface area (Å²) in [7, 11) is 1.60. The monoisotopic (exact) mass is 236 g/mol. The molecule has 17 heavy (non-hydrogen) atoms. The van der Waals surface area contributed by atoms with Gasteiger partial charge in [0.2, 0.25) is 5.91 Å². The summed E-state index contributed by atoms with van der Waals surface area (Å²) in [4.78, 5) is 13.3. The van der Waals surface area contributed by atoms with E-state index < -0.39 is 0 Å². The van der Waals surface area contributed by atoms with Crippen LogP contribution < -0.4 is 15.2 Å². The Morgan fingerprint density at radius 3 is 3.12 bits per heavy atom. The van der Waals surface area contributed by atoms with Crippen molar-refractivity contribution in [3.8, 4) is 11.5 Å². The van der Waals surface area contributed by atoms with Crippen molar-refractivity contribution in [3.63, 3.8) is 0 Å². The normalized spacial score (nSPS) is 14.6. The van der Waals surface area contributed by atoms with E-state index in [0.29, 0.717) is 25.4 Å². The summed E-state index contributed by atoms with van der Waals surface area (Å²) in [5.41, 5.74) is 6.32. The summed E-state index contributed by atoms with van der Waals surface area (Å²) in [5, 5.41) is 0. The second-order valence-corrected chi connectivity index (χ2v) is 3.82. The lowest BCUT2D eigenvalue weighted by Crippen LogP contribution is -2.36. The zero-order chi connectivity index (χ0) is 12.3. The van der Waals surface area contributed by atoms with Gasteiger partial charge in [0.05, 0.1) is 20.2 Å². The molecule has 0 spiro atoms. The Bertz CT molecular complexity index is 420. The van der Waals surface area contributed by atoms with E-state index in [1.807, 2.05) is 18.2 Å². The molecule has 0 atom stereocenters. The Hall–Kier alpha value is -1.75. The second-order valence-electron chi connectivity index (χ2n) is 3.82. The van der Waals surface area contributed by atoms with Crippen LogP contribution >= 0.6 is 0 Å². The molecule has 0 saturated heterocycles. The van der Waals surface area contributed by atoms with Crippen molar-refractivity contribution in [1.29, 1.82) is 0 Å². The van der Waals surface area contributed by atoms with Crippen molar-refractivity contribution in [2.45, 2.75) is 6.54 Å². The average molecular weight is 236 g/mol. The van der Waals surface area contributed by atoms with Crippen LogP contribution in [0.1, 0.15) is 5.56 Å². The van der Waals surface area contributed by atoms with Crippen LogP contribution in [0.5, 0.6) is 11.5 Å². The summed E-state index contributed by atoms with van der Waals surface area (Å²) in [6, 6.07) is 5.66. The van der Waals surface area contributed by atoms with E-state index in [1.54, 1.807) is 12.0 Å². The van der Waals surface area contributed by atoms with Crippen molar-refractivity contribution in [1.82, 2.24) is 4.90 Å². The fourth-order valence-corrected chi connectivity index (χ4v) is 1.89. The number of benzene rings is 1. The highest BCUT2D eigenvalue weighted by Gasteiger charge is 2.20. The molecule has 0 radical (unpaired) electrons. The van der Waals surface area contributed by atoms with E-state index in [0.717, 1.165) is 11.3 Å². The lowest BCUT2D eigenvalue weighted by Gasteiger charge is -2.18. The average Bonchev–Trinajstić information content (AvgIpc) is 2.59. The number of amides is 1. The molecule has 1 aliphatic rings. The Morgan fingerprint density at radius 1 is 1.59 bits per heavy atom. The maximum Gasteiger partial charge on any atom is 0.236 e. The van der Waals surface area contributed by atoms with Crippen LogP contribution in [0.2, 0.25) is 0 Å². The highest BCUT2D eigenvalue weighted by molar-refractivity contribution is 5.78. The predicted molar refractivity (Wildman–Crippen MR) is 63.0 cm³/mol. The predicted octanol–water partition coefficient (Wildman–Crippen LogP) is 0.375. The highest BCUT2D eigenvalue weighted by atomic mass is 16.5. The number of hydrogen-bond acceptors (Lipinski definition) is 4. The molecule has 5 heteroatoms. The molecule has 0 saturated carbocycles. The molecule has 2 N–H and O–H groups in total. The largest absolute Gasteiger partial charge is 0.493 e. The van der Waals surface area contributed by atoms with Gasteiger partial charge in [-0.15, -0.1) is 0 Å². The molecule has 0 unspecified atom stereocenters. The molecule has 0 bridgehead atoms. The smallest absolute Gasteiger partial charge is 0.236 e. The molecule has 92 valence electrons. The molecule has 2 rings (SSSR count). The van der Waals surface area contributed by atoms with Gasteiger partial charge >= 0.3 is 0 Å². The van der Waals surface area contributed by atoms with Crippen LogP contribution in [0.25, 0.3) is 0 Å². The van der Waals surface area contributed by atoms with Crippen LogP contribution in [0.3, 0.4) is 0 Å². The molecule has 1 aromatic rings. The number of hydrogen-bond donors (Lipinski definition) is 1. The van der Waals surface area contributed by atoms with Gasteiger partial charge in [-0.2, -0.15) is 0 Å². The maximum absolute atomic E-state index is 11.6. The van der Waals surface area contributed by atoms with E-state index in [4.69, 9.17) is 15.2 Å². The minimum Gasteiger partial charge on any atom is -0.493 e. The molecule has 5 nitrogen and oxygen atoms in total. The summed E-state index contributed by atoms with van der Waals surface area (Å²) in [6.07, 6.45) is 0. The summed E-state index contributed by atoms with van der Waals surface area (Å²) in [6.45, 7) is 1.55. The molecule has 0 aliphatic carbocycles. The lowest BCUT2D eigenvalue weighted by atomic mass is 10.1. The summed E-state index contributed by atoms with van der Waals surface area (Å²) >= 11 is 0. The minimum atomic E-state index is -0.0655. The topological polar surface area (TPSA) is 64.8 Å². The summed E-state index contributed by atoms with van der Waals surface area (Å²) < 4.78 is 10.9. The third-order valence-corrected chi connectivity index (χ3v) is 2.78. The molecule has 1 amide bonds. The minimum absolute atomic E-state index is 0.0271. The van der Waals surface area contributed by atoms with Gasteiger partial charge in [0, 0.05) is 12.1 Å². The van der Waals surface area contributed by atoms with Crippen LogP contribution in [-0.4, -0.2) is 37.6 Å². The molecule has 0 fully saturated rings. The third-order valence-electron chi connectivity index (χ3n) is 2.78. The first-order chi connectivity index (χ1) is 8.26. The Balaban J connectivity index is 2.29. The zero-order valence-electron chi connectivity index (χ0n) is 9.81. The van der Waals surface area contributed by atoms with Gasteiger partial charge in [-0.05, 0) is 6.07 Å². The van der Waals surface area contributed by atoms with Gasteiger partial charge in [0.15, 0.2) is 11.5 Å². The van der Waals surface area contributed by atoms with Crippen LogP contribution in [0, 0.1) is 0 Å². The first kappa shape index (κ1) is 11.7. The third kappa shape index (κ3) is 2.34. The maximum atomic E-state index is 11.6. The number of carbonyl (C=O) groups is 1. The van der Waals surface area contributed by atoms with Gasteiger partial charge in [-0.25, -0.2) is 0 Å². The van der Waals surface area contributed by atoms with Crippen molar-refractivity contribution >= 4 is 5.91 Å². The summed E-state index contributed by atoms with van der Waals surface area (Å²) in [5.74, 6) is 1.36. The molecule has 1 aliphatic heterocycles. The molecule has 1 heterocycles. The number of fused-ring (bicyclic) bond motifs is 1. The SMILES string of the molecule is COc1cccc2c1OCCN(C(=O)CN)C2. The zero-order valence-corrected chi connectivity index (χ0v) is 9.81. The lowest BCUT2D eigenvalue weighted by molar-refractivity contribution is -0.130. The van der Waals surface area contributed by atoms with E-state index >= 15 is 0 Å². The van der Waals surface area contributed by atoms with Crippen molar-refractivity contribution in [3.05, 3.63) is 23.8 Å². The van der Waals surface area contributed by atoms with Gasteiger partial charge in [-0.3, -0.25) is 4.79 Å². The Labute approximate surface area is 100 Å². The van der Waals surface area contributed by atoms with E-state index in [1.165, 1.54) is 0 Å². The van der Waals surface area contributed by atoms with Crippen LogP contribution in [-0.2, 0) is 11.3 Å². The fourth-order valence-electron chi connectivity index (χ4n) is 1.89. The molecule has 1 aromatic carbocycles. The highest BCUT2D eigenvalue weighted by Crippen LogP contribution is 2.33. The van der Waals surface area contributed by atoms with Crippen molar-refractivity contribution < 1.29 is 14.3 Å². The van der Waals surface area contributed by atoms with E-state index in [-0.39, 0.29) is 12.5 Å². The molecular weight excluding hydrogens is 220 g/mol. The van der Waals surface area contributed by atoms with Crippen molar-refractivity contribution in [2.24, 2.45) is 5.73 Å². The number of para-hydroxylation sites is 1. The number of carbonyl (C=O) groups excluding carboxylic acids is 1. The number of ether oxygens (including phenoxy) is 2.